The molecular formula is C18H27N5O3S. The summed E-state index contributed by atoms with van der Waals surface area (Å²) < 4.78 is 25.3. The van der Waals surface area contributed by atoms with E-state index in [1.54, 1.807) is 19.2 Å². The molecule has 1 aromatic rings. The van der Waals surface area contributed by atoms with Crippen LogP contribution in [0.4, 0.5) is 5.69 Å². The summed E-state index contributed by atoms with van der Waals surface area (Å²) in [6.07, 6.45) is 3.80. The van der Waals surface area contributed by atoms with Crippen LogP contribution in [0, 0.1) is 5.41 Å². The summed E-state index contributed by atoms with van der Waals surface area (Å²) in [5.74, 6) is 0.935. The number of likely N-dealkylation sites (tertiary alicyclic amines) is 1. The Labute approximate surface area is 160 Å². The Hall–Kier alpha value is -2.29. The third kappa shape index (κ3) is 5.12. The summed E-state index contributed by atoms with van der Waals surface area (Å²) in [7, 11) is -1.55. The summed E-state index contributed by atoms with van der Waals surface area (Å²) in [6.45, 7) is 2.98. The number of rotatable bonds is 4. The Balaban J connectivity index is 1.63. The van der Waals surface area contributed by atoms with Gasteiger partial charge in [0.2, 0.25) is 15.9 Å². The number of hydrogen-bond donors (Lipinski definition) is 3. The highest BCUT2D eigenvalue weighted by atomic mass is 32.2. The molecular weight excluding hydrogens is 366 g/mol. The van der Waals surface area contributed by atoms with Gasteiger partial charge in [0.25, 0.3) is 0 Å². The van der Waals surface area contributed by atoms with E-state index >= 15 is 0 Å². The second-order valence-electron chi connectivity index (χ2n) is 7.45. The Morgan fingerprint density at radius 2 is 2.22 bits per heavy atom. The number of nitrogens with one attached hydrogen (secondary N) is 3. The molecule has 2 heterocycles. The number of piperidine rings is 1. The maximum atomic E-state index is 11.7. The average Bonchev–Trinajstić information content (AvgIpc) is 2.94. The van der Waals surface area contributed by atoms with Crippen LogP contribution in [0.1, 0.15) is 24.8 Å². The van der Waals surface area contributed by atoms with Gasteiger partial charge in [0.15, 0.2) is 5.96 Å². The Morgan fingerprint density at radius 3 is 2.89 bits per heavy atom. The van der Waals surface area contributed by atoms with Crippen molar-refractivity contribution in [3.05, 3.63) is 29.8 Å². The second kappa shape index (κ2) is 7.75. The molecule has 2 fully saturated rings. The highest BCUT2D eigenvalue weighted by Gasteiger charge is 2.42. The second-order valence-corrected chi connectivity index (χ2v) is 9.20. The lowest BCUT2D eigenvalue weighted by molar-refractivity contribution is -0.119. The molecule has 3 rings (SSSR count). The minimum absolute atomic E-state index is 0.00623. The molecule has 2 aliphatic heterocycles. The molecule has 1 atom stereocenters. The first-order chi connectivity index (χ1) is 12.8. The zero-order valence-corrected chi connectivity index (χ0v) is 16.6. The van der Waals surface area contributed by atoms with Crippen molar-refractivity contribution >= 4 is 27.6 Å². The van der Waals surface area contributed by atoms with Gasteiger partial charge in [-0.3, -0.25) is 14.5 Å². The fourth-order valence-corrected chi connectivity index (χ4v) is 4.46. The molecule has 27 heavy (non-hydrogen) atoms. The molecule has 0 bridgehead atoms. The SMILES string of the molecule is CN=C(NCc1cccc(NS(C)(=O)=O)c1)N1CCCC2(CNC(=O)C2)C1. The fourth-order valence-electron chi connectivity index (χ4n) is 3.90. The molecule has 3 N–H and O–H groups in total. The Kier molecular flexibility index (Phi) is 5.59. The first kappa shape index (κ1) is 19.5. The number of anilines is 1. The van der Waals surface area contributed by atoms with Crippen molar-refractivity contribution in [2.45, 2.75) is 25.8 Å². The zero-order chi connectivity index (χ0) is 19.5. The summed E-state index contributed by atoms with van der Waals surface area (Å²) in [5, 5.41) is 6.31. The number of nitrogens with zero attached hydrogens (tertiary/aromatic N) is 2. The minimum Gasteiger partial charge on any atom is -0.355 e. The van der Waals surface area contributed by atoms with E-state index in [4.69, 9.17) is 0 Å². The van der Waals surface area contributed by atoms with Gasteiger partial charge in [-0.05, 0) is 30.5 Å². The predicted molar refractivity (Wildman–Crippen MR) is 106 cm³/mol. The molecule has 2 aliphatic rings. The van der Waals surface area contributed by atoms with Gasteiger partial charge in [-0.15, -0.1) is 0 Å². The summed E-state index contributed by atoms with van der Waals surface area (Å²) in [6, 6.07) is 7.28. The molecule has 1 aromatic carbocycles. The summed E-state index contributed by atoms with van der Waals surface area (Å²) in [4.78, 5) is 18.3. The van der Waals surface area contributed by atoms with Gasteiger partial charge in [0, 0.05) is 50.7 Å². The van der Waals surface area contributed by atoms with E-state index < -0.39 is 10.0 Å². The van der Waals surface area contributed by atoms with Crippen LogP contribution in [0.2, 0.25) is 0 Å². The Morgan fingerprint density at radius 1 is 1.41 bits per heavy atom. The van der Waals surface area contributed by atoms with Gasteiger partial charge in [0.1, 0.15) is 0 Å². The molecule has 0 radical (unpaired) electrons. The number of guanidine groups is 1. The minimum atomic E-state index is -3.30. The van der Waals surface area contributed by atoms with Crippen LogP contribution < -0.4 is 15.4 Å². The zero-order valence-electron chi connectivity index (χ0n) is 15.8. The smallest absolute Gasteiger partial charge is 0.229 e. The van der Waals surface area contributed by atoms with Crippen LogP contribution in [0.25, 0.3) is 0 Å². The molecule has 9 heteroatoms. The van der Waals surface area contributed by atoms with Gasteiger partial charge in [0.05, 0.1) is 6.26 Å². The predicted octanol–water partition coefficient (Wildman–Crippen LogP) is 0.736. The monoisotopic (exact) mass is 393 g/mol. The lowest BCUT2D eigenvalue weighted by atomic mass is 9.79. The van der Waals surface area contributed by atoms with E-state index in [0.717, 1.165) is 50.3 Å². The van der Waals surface area contributed by atoms with Gasteiger partial charge in [-0.2, -0.15) is 0 Å². The van der Waals surface area contributed by atoms with E-state index in [1.165, 1.54) is 0 Å². The van der Waals surface area contributed by atoms with E-state index in [-0.39, 0.29) is 11.3 Å². The number of aliphatic imine (C=N–C) groups is 1. The lowest BCUT2D eigenvalue weighted by Crippen LogP contribution is -2.51. The maximum Gasteiger partial charge on any atom is 0.229 e. The number of sulfonamides is 1. The van der Waals surface area contributed by atoms with Crippen molar-refractivity contribution in [3.63, 3.8) is 0 Å². The van der Waals surface area contributed by atoms with Crippen LogP contribution in [0.15, 0.2) is 29.3 Å². The topological polar surface area (TPSA) is 103 Å². The summed E-state index contributed by atoms with van der Waals surface area (Å²) >= 11 is 0. The van der Waals surface area contributed by atoms with Crippen molar-refractivity contribution in [3.8, 4) is 0 Å². The van der Waals surface area contributed by atoms with Gasteiger partial charge in [-0.25, -0.2) is 8.42 Å². The standard InChI is InChI=1S/C18H27N5O3S/c1-19-17(23-8-4-7-18(13-23)10-16(24)21-12-18)20-11-14-5-3-6-15(9-14)22-27(2,25)26/h3,5-6,9,22H,4,7-8,10-13H2,1-2H3,(H,19,20)(H,21,24). The molecule has 0 saturated carbocycles. The average molecular weight is 394 g/mol. The number of carbonyl (C=O) groups is 1. The molecule has 8 nitrogen and oxygen atoms in total. The normalized spacial score (nSPS) is 23.4. The largest absolute Gasteiger partial charge is 0.355 e. The molecule has 0 aromatic heterocycles. The third-order valence-electron chi connectivity index (χ3n) is 5.05. The van der Waals surface area contributed by atoms with Crippen LogP contribution in [-0.2, 0) is 21.4 Å². The van der Waals surface area contributed by atoms with Crippen molar-refractivity contribution < 1.29 is 13.2 Å². The first-order valence-electron chi connectivity index (χ1n) is 9.08. The van der Waals surface area contributed by atoms with Crippen LogP contribution >= 0.6 is 0 Å². The maximum absolute atomic E-state index is 11.7. The number of amides is 1. The number of hydrogen-bond acceptors (Lipinski definition) is 4. The molecule has 1 amide bonds. The van der Waals surface area contributed by atoms with E-state index in [2.05, 4.69) is 25.2 Å². The number of benzene rings is 1. The number of carbonyl (C=O) groups excluding carboxylic acids is 1. The molecule has 2 saturated heterocycles. The highest BCUT2D eigenvalue weighted by molar-refractivity contribution is 7.92. The highest BCUT2D eigenvalue weighted by Crippen LogP contribution is 2.36. The van der Waals surface area contributed by atoms with Gasteiger partial charge >= 0.3 is 0 Å². The molecule has 1 spiro atoms. The fraction of sp³-hybridized carbons (Fsp3) is 0.556. The quantitative estimate of drug-likeness (QED) is 0.517. The lowest BCUT2D eigenvalue weighted by Gasteiger charge is -2.40. The molecule has 148 valence electrons. The third-order valence-corrected chi connectivity index (χ3v) is 5.66. The van der Waals surface area contributed by atoms with Crippen molar-refractivity contribution in [2.75, 3.05) is 37.7 Å². The van der Waals surface area contributed by atoms with Crippen LogP contribution in [-0.4, -0.2) is 58.1 Å². The van der Waals surface area contributed by atoms with Crippen molar-refractivity contribution in [1.29, 1.82) is 0 Å². The van der Waals surface area contributed by atoms with E-state index in [1.807, 2.05) is 12.1 Å². The first-order valence-corrected chi connectivity index (χ1v) is 11.0. The molecule has 1 unspecified atom stereocenters. The molecule has 0 aliphatic carbocycles. The van der Waals surface area contributed by atoms with Gasteiger partial charge in [-0.1, -0.05) is 12.1 Å². The van der Waals surface area contributed by atoms with Crippen LogP contribution in [0.5, 0.6) is 0 Å². The van der Waals surface area contributed by atoms with Gasteiger partial charge < -0.3 is 15.5 Å². The van der Waals surface area contributed by atoms with E-state index in [0.29, 0.717) is 18.7 Å². The summed E-state index contributed by atoms with van der Waals surface area (Å²) in [5.41, 5.74) is 1.50. The van der Waals surface area contributed by atoms with Crippen molar-refractivity contribution in [2.24, 2.45) is 10.4 Å². The van der Waals surface area contributed by atoms with Crippen molar-refractivity contribution in [1.82, 2.24) is 15.5 Å². The van der Waals surface area contributed by atoms with Crippen LogP contribution in [0.3, 0.4) is 0 Å². The van der Waals surface area contributed by atoms with E-state index in [9.17, 15) is 13.2 Å². The Bertz CT molecular complexity index is 839.